The second kappa shape index (κ2) is 5.98. The van der Waals surface area contributed by atoms with Crippen LogP contribution in [0.3, 0.4) is 0 Å². The first kappa shape index (κ1) is 13.1. The molecule has 2 rings (SSSR count). The van der Waals surface area contributed by atoms with Crippen molar-refractivity contribution in [2.24, 2.45) is 0 Å². The molecule has 1 unspecified atom stereocenters. The molecular formula is C14H19BrO2. The molecule has 0 aliphatic carbocycles. The van der Waals surface area contributed by atoms with Crippen molar-refractivity contribution in [1.29, 1.82) is 0 Å². The monoisotopic (exact) mass is 298 g/mol. The number of hydrogen-bond donors (Lipinski definition) is 0. The number of benzene rings is 1. The molecule has 0 bridgehead atoms. The van der Waals surface area contributed by atoms with Crippen LogP contribution >= 0.6 is 15.9 Å². The molecule has 2 atom stereocenters. The van der Waals surface area contributed by atoms with Gasteiger partial charge in [-0.3, -0.25) is 0 Å². The third-order valence-corrected chi connectivity index (χ3v) is 4.09. The van der Waals surface area contributed by atoms with E-state index in [1.165, 1.54) is 15.6 Å². The van der Waals surface area contributed by atoms with E-state index < -0.39 is 0 Å². The van der Waals surface area contributed by atoms with Crippen LogP contribution in [0.2, 0.25) is 0 Å². The topological polar surface area (TPSA) is 21.8 Å². The Kier molecular flexibility index (Phi) is 4.60. The van der Waals surface area contributed by atoms with Gasteiger partial charge in [0.25, 0.3) is 0 Å². The van der Waals surface area contributed by atoms with E-state index in [1.54, 1.807) is 0 Å². The standard InChI is InChI=1S/C14H19BrO2/c1-3-5-13(17-9-11-8-16-11)12-7-4-6-10(2)14(12)15/h4,6-7,11,13H,3,5,8-9H2,1-2H3/t11-,13?/m1/s1. The number of ether oxygens (including phenoxy) is 2. The summed E-state index contributed by atoms with van der Waals surface area (Å²) in [5.74, 6) is 0. The fourth-order valence-electron chi connectivity index (χ4n) is 1.90. The maximum absolute atomic E-state index is 5.97. The molecule has 1 aromatic carbocycles. The Morgan fingerprint density at radius 2 is 2.29 bits per heavy atom. The van der Waals surface area contributed by atoms with E-state index in [2.05, 4.69) is 48.0 Å². The molecule has 0 aromatic heterocycles. The normalized spacial score (nSPS) is 20.3. The van der Waals surface area contributed by atoms with Crippen LogP contribution < -0.4 is 0 Å². The zero-order valence-electron chi connectivity index (χ0n) is 10.4. The molecular weight excluding hydrogens is 280 g/mol. The summed E-state index contributed by atoms with van der Waals surface area (Å²) in [6.07, 6.45) is 2.68. The minimum atomic E-state index is 0.179. The Hall–Kier alpha value is -0.380. The highest BCUT2D eigenvalue weighted by atomic mass is 79.9. The van der Waals surface area contributed by atoms with Crippen LogP contribution in [-0.4, -0.2) is 19.3 Å². The van der Waals surface area contributed by atoms with Crippen molar-refractivity contribution in [2.75, 3.05) is 13.2 Å². The number of hydrogen-bond acceptors (Lipinski definition) is 2. The quantitative estimate of drug-likeness (QED) is 0.740. The van der Waals surface area contributed by atoms with Crippen molar-refractivity contribution in [3.63, 3.8) is 0 Å². The first-order valence-electron chi connectivity index (χ1n) is 6.20. The Morgan fingerprint density at radius 1 is 1.53 bits per heavy atom. The van der Waals surface area contributed by atoms with Gasteiger partial charge in [-0.1, -0.05) is 47.5 Å². The van der Waals surface area contributed by atoms with E-state index in [0.717, 1.165) is 19.4 Å². The summed E-state index contributed by atoms with van der Waals surface area (Å²) in [4.78, 5) is 0. The molecule has 0 N–H and O–H groups in total. The predicted molar refractivity (Wildman–Crippen MR) is 72.2 cm³/mol. The van der Waals surface area contributed by atoms with E-state index >= 15 is 0 Å². The smallest absolute Gasteiger partial charge is 0.104 e. The maximum Gasteiger partial charge on any atom is 0.104 e. The lowest BCUT2D eigenvalue weighted by Gasteiger charge is -2.19. The van der Waals surface area contributed by atoms with Gasteiger partial charge in [0.05, 0.1) is 19.3 Å². The van der Waals surface area contributed by atoms with Gasteiger partial charge in [-0.15, -0.1) is 0 Å². The van der Waals surface area contributed by atoms with Crippen molar-refractivity contribution in [3.05, 3.63) is 33.8 Å². The minimum absolute atomic E-state index is 0.179. The Morgan fingerprint density at radius 3 is 2.94 bits per heavy atom. The molecule has 0 spiro atoms. The fraction of sp³-hybridized carbons (Fsp3) is 0.571. The molecule has 1 fully saturated rings. The van der Waals surface area contributed by atoms with Crippen LogP contribution in [0.1, 0.15) is 37.0 Å². The predicted octanol–water partition coefficient (Wildman–Crippen LogP) is 4.01. The van der Waals surface area contributed by atoms with Crippen LogP contribution in [0.15, 0.2) is 22.7 Å². The molecule has 94 valence electrons. The van der Waals surface area contributed by atoms with Crippen molar-refractivity contribution in [3.8, 4) is 0 Å². The van der Waals surface area contributed by atoms with Gasteiger partial charge in [0.15, 0.2) is 0 Å². The van der Waals surface area contributed by atoms with Gasteiger partial charge in [0.1, 0.15) is 6.10 Å². The molecule has 1 aliphatic heterocycles. The van der Waals surface area contributed by atoms with E-state index in [-0.39, 0.29) is 6.10 Å². The molecule has 17 heavy (non-hydrogen) atoms. The molecule has 1 saturated heterocycles. The molecule has 0 saturated carbocycles. The highest BCUT2D eigenvalue weighted by molar-refractivity contribution is 9.10. The minimum Gasteiger partial charge on any atom is -0.371 e. The van der Waals surface area contributed by atoms with Crippen LogP contribution in [0, 0.1) is 6.92 Å². The van der Waals surface area contributed by atoms with Gasteiger partial charge in [-0.25, -0.2) is 0 Å². The summed E-state index contributed by atoms with van der Waals surface area (Å²) in [6, 6.07) is 6.35. The van der Waals surface area contributed by atoms with Crippen LogP contribution in [0.5, 0.6) is 0 Å². The summed E-state index contributed by atoms with van der Waals surface area (Å²) in [5.41, 5.74) is 2.52. The highest BCUT2D eigenvalue weighted by Gasteiger charge is 2.25. The largest absolute Gasteiger partial charge is 0.371 e. The lowest BCUT2D eigenvalue weighted by atomic mass is 10.0. The van der Waals surface area contributed by atoms with Crippen LogP contribution in [0.4, 0.5) is 0 Å². The Balaban J connectivity index is 2.09. The summed E-state index contributed by atoms with van der Waals surface area (Å²) in [6.45, 7) is 5.87. The molecule has 2 nitrogen and oxygen atoms in total. The summed E-state index contributed by atoms with van der Waals surface area (Å²) >= 11 is 3.66. The van der Waals surface area contributed by atoms with Gasteiger partial charge in [0, 0.05) is 4.47 Å². The van der Waals surface area contributed by atoms with Gasteiger partial charge >= 0.3 is 0 Å². The lowest BCUT2D eigenvalue weighted by Crippen LogP contribution is -2.10. The zero-order chi connectivity index (χ0) is 12.3. The molecule has 0 amide bonds. The number of rotatable bonds is 6. The average molecular weight is 299 g/mol. The fourth-order valence-corrected chi connectivity index (χ4v) is 2.42. The van der Waals surface area contributed by atoms with E-state index in [9.17, 15) is 0 Å². The number of halogens is 1. The van der Waals surface area contributed by atoms with Gasteiger partial charge in [-0.2, -0.15) is 0 Å². The van der Waals surface area contributed by atoms with E-state index in [0.29, 0.717) is 12.7 Å². The van der Waals surface area contributed by atoms with Gasteiger partial charge < -0.3 is 9.47 Å². The van der Waals surface area contributed by atoms with Crippen LogP contribution in [0.25, 0.3) is 0 Å². The van der Waals surface area contributed by atoms with Crippen LogP contribution in [-0.2, 0) is 9.47 Å². The summed E-state index contributed by atoms with van der Waals surface area (Å²) in [7, 11) is 0. The van der Waals surface area contributed by atoms with Crippen molar-refractivity contribution in [2.45, 2.75) is 38.9 Å². The molecule has 3 heteroatoms. The molecule has 1 aliphatic rings. The van der Waals surface area contributed by atoms with Crippen molar-refractivity contribution >= 4 is 15.9 Å². The molecule has 1 heterocycles. The third kappa shape index (κ3) is 3.54. The maximum atomic E-state index is 5.97. The van der Waals surface area contributed by atoms with E-state index in [1.807, 2.05) is 0 Å². The first-order valence-corrected chi connectivity index (χ1v) is 7.00. The number of aryl methyl sites for hydroxylation is 1. The van der Waals surface area contributed by atoms with E-state index in [4.69, 9.17) is 9.47 Å². The SMILES string of the molecule is CCCC(OC[C@H]1CO1)c1cccc(C)c1Br. The molecule has 0 radical (unpaired) electrons. The Bertz CT molecular complexity index is 374. The molecule has 1 aromatic rings. The second-order valence-corrected chi connectivity index (χ2v) is 5.34. The lowest BCUT2D eigenvalue weighted by molar-refractivity contribution is 0.0354. The summed E-state index contributed by atoms with van der Waals surface area (Å²) in [5, 5.41) is 0. The van der Waals surface area contributed by atoms with Crippen molar-refractivity contribution in [1.82, 2.24) is 0 Å². The first-order chi connectivity index (χ1) is 8.22. The van der Waals surface area contributed by atoms with Gasteiger partial charge in [-0.05, 0) is 24.5 Å². The second-order valence-electron chi connectivity index (χ2n) is 4.54. The van der Waals surface area contributed by atoms with Gasteiger partial charge in [0.2, 0.25) is 0 Å². The average Bonchev–Trinajstić information content (AvgIpc) is 3.12. The third-order valence-electron chi connectivity index (χ3n) is 3.01. The highest BCUT2D eigenvalue weighted by Crippen LogP contribution is 2.32. The summed E-state index contributed by atoms with van der Waals surface area (Å²) < 4.78 is 12.3. The number of epoxide rings is 1. The van der Waals surface area contributed by atoms with Crippen molar-refractivity contribution < 1.29 is 9.47 Å². The Labute approximate surface area is 111 Å². The zero-order valence-corrected chi connectivity index (χ0v) is 12.0.